The highest BCUT2D eigenvalue weighted by Crippen LogP contribution is 2.47. The molecule has 1 amide bonds. The van der Waals surface area contributed by atoms with Gasteiger partial charge in [0, 0.05) is 24.1 Å². The first-order valence-electron chi connectivity index (χ1n) is 13.2. The average molecular weight is 508 g/mol. The molecule has 1 aliphatic carbocycles. The van der Waals surface area contributed by atoms with Gasteiger partial charge in [-0.15, -0.1) is 0 Å². The van der Waals surface area contributed by atoms with Crippen LogP contribution in [-0.4, -0.2) is 11.7 Å². The second-order valence-corrected chi connectivity index (χ2v) is 9.97. The van der Waals surface area contributed by atoms with Crippen LogP contribution >= 0.6 is 0 Å². The van der Waals surface area contributed by atoms with E-state index in [9.17, 15) is 19.2 Å². The monoisotopic (exact) mass is 507 g/mol. The Morgan fingerprint density at radius 1 is 1.00 bits per heavy atom. The summed E-state index contributed by atoms with van der Waals surface area (Å²) in [4.78, 5) is 29.6. The van der Waals surface area contributed by atoms with Gasteiger partial charge in [-0.05, 0) is 66.3 Å². The first-order chi connectivity index (χ1) is 18.5. The van der Waals surface area contributed by atoms with Crippen LogP contribution in [0.15, 0.2) is 84.1 Å². The van der Waals surface area contributed by atoms with Gasteiger partial charge < -0.3 is 5.32 Å². The molecule has 6 heteroatoms. The molecule has 2 atom stereocenters. The standard InChI is InChI=1S/C32H30FN3O2/c1-2-3-4-9-30(38)36-28-8-6-5-7-26(28)35-27-18-24(22-14-16-25(33)17-15-22)19-29(37)31(27)32(36)23-12-10-21(20-34)11-13-23/h5-8,10-17,24,32,35H,2-4,9,18-19H2,1H3/t24-,32-/m0/s1. The minimum absolute atomic E-state index is 0.0377. The summed E-state index contributed by atoms with van der Waals surface area (Å²) < 4.78 is 13.6. The van der Waals surface area contributed by atoms with Crippen molar-refractivity contribution in [1.29, 1.82) is 5.26 Å². The molecule has 0 fully saturated rings. The molecule has 5 nitrogen and oxygen atoms in total. The Bertz CT molecular complexity index is 1420. The molecule has 0 unspecified atom stereocenters. The van der Waals surface area contributed by atoms with Crippen LogP contribution in [0.4, 0.5) is 15.8 Å². The summed E-state index contributed by atoms with van der Waals surface area (Å²) in [7, 11) is 0. The first kappa shape index (κ1) is 25.4. The number of halogens is 1. The molecule has 0 saturated heterocycles. The van der Waals surface area contributed by atoms with Crippen molar-refractivity contribution in [2.24, 2.45) is 0 Å². The maximum Gasteiger partial charge on any atom is 0.227 e. The summed E-state index contributed by atoms with van der Waals surface area (Å²) in [5, 5.41) is 12.9. The molecule has 0 bridgehead atoms. The summed E-state index contributed by atoms with van der Waals surface area (Å²) in [5.41, 5.74) is 5.06. The van der Waals surface area contributed by atoms with Crippen LogP contribution in [0.5, 0.6) is 0 Å². The molecule has 0 radical (unpaired) electrons. The largest absolute Gasteiger partial charge is 0.357 e. The van der Waals surface area contributed by atoms with E-state index in [1.165, 1.54) is 12.1 Å². The molecule has 5 rings (SSSR count). The van der Waals surface area contributed by atoms with Crippen molar-refractivity contribution in [1.82, 2.24) is 0 Å². The molecule has 192 valence electrons. The third kappa shape index (κ3) is 4.97. The predicted molar refractivity (Wildman–Crippen MR) is 146 cm³/mol. The van der Waals surface area contributed by atoms with Gasteiger partial charge in [0.05, 0.1) is 29.0 Å². The molecular weight excluding hydrogens is 477 g/mol. The van der Waals surface area contributed by atoms with E-state index in [1.807, 2.05) is 36.4 Å². The van der Waals surface area contributed by atoms with Gasteiger partial charge in [0.25, 0.3) is 0 Å². The SMILES string of the molecule is CCCCCC(=O)N1c2ccccc2NC2=C(C(=O)C[C@@H](c3ccc(F)cc3)C2)[C@@H]1c1ccc(C#N)cc1. The summed E-state index contributed by atoms with van der Waals surface area (Å²) in [6.45, 7) is 2.10. The smallest absolute Gasteiger partial charge is 0.227 e. The Labute approximate surface area is 222 Å². The van der Waals surface area contributed by atoms with Crippen molar-refractivity contribution in [3.05, 3.63) is 107 Å². The maximum atomic E-state index is 14.0. The quantitative estimate of drug-likeness (QED) is 0.359. The second-order valence-electron chi connectivity index (χ2n) is 9.97. The van der Waals surface area contributed by atoms with Gasteiger partial charge in [0.15, 0.2) is 5.78 Å². The number of carbonyl (C=O) groups is 2. The third-order valence-corrected chi connectivity index (χ3v) is 7.45. The van der Waals surface area contributed by atoms with Gasteiger partial charge in [-0.25, -0.2) is 4.39 Å². The zero-order valence-corrected chi connectivity index (χ0v) is 21.4. The first-order valence-corrected chi connectivity index (χ1v) is 13.2. The number of nitriles is 1. The average Bonchev–Trinajstić information content (AvgIpc) is 3.08. The van der Waals surface area contributed by atoms with Gasteiger partial charge in [0.2, 0.25) is 5.91 Å². The van der Waals surface area contributed by atoms with Crippen molar-refractivity contribution in [3.63, 3.8) is 0 Å². The number of hydrogen-bond donors (Lipinski definition) is 1. The lowest BCUT2D eigenvalue weighted by molar-refractivity contribution is -0.119. The molecule has 3 aromatic rings. The Morgan fingerprint density at radius 3 is 2.42 bits per heavy atom. The van der Waals surface area contributed by atoms with E-state index in [2.05, 4.69) is 18.3 Å². The number of rotatable bonds is 6. The Kier molecular flexibility index (Phi) is 7.37. The number of carbonyl (C=O) groups excluding carboxylic acids is 2. The van der Waals surface area contributed by atoms with Crippen LogP contribution < -0.4 is 10.2 Å². The van der Waals surface area contributed by atoms with Gasteiger partial charge in [-0.2, -0.15) is 5.26 Å². The van der Waals surface area contributed by atoms with Crippen molar-refractivity contribution < 1.29 is 14.0 Å². The molecule has 1 N–H and O–H groups in total. The molecule has 2 aliphatic rings. The summed E-state index contributed by atoms with van der Waals surface area (Å²) in [5.74, 6) is -0.490. The molecular formula is C32H30FN3O2. The number of unbranched alkanes of at least 4 members (excludes halogenated alkanes) is 2. The lowest BCUT2D eigenvalue weighted by Crippen LogP contribution is -2.38. The summed E-state index contributed by atoms with van der Waals surface area (Å²) in [6, 6.07) is 22.7. The lowest BCUT2D eigenvalue weighted by Gasteiger charge is -2.35. The molecule has 1 heterocycles. The van der Waals surface area contributed by atoms with E-state index < -0.39 is 6.04 Å². The highest BCUT2D eigenvalue weighted by molar-refractivity contribution is 6.06. The van der Waals surface area contributed by atoms with E-state index in [-0.39, 0.29) is 29.8 Å². The number of nitrogens with zero attached hydrogens (tertiary/aromatic N) is 2. The minimum atomic E-state index is -0.621. The van der Waals surface area contributed by atoms with Crippen LogP contribution in [0, 0.1) is 17.1 Å². The number of ketones is 1. The number of benzene rings is 3. The van der Waals surface area contributed by atoms with Gasteiger partial charge >= 0.3 is 0 Å². The van der Waals surface area contributed by atoms with E-state index in [0.29, 0.717) is 24.0 Å². The van der Waals surface area contributed by atoms with Crippen molar-refractivity contribution >= 4 is 23.1 Å². The number of amides is 1. The van der Waals surface area contributed by atoms with Crippen molar-refractivity contribution in [2.75, 3.05) is 10.2 Å². The van der Waals surface area contributed by atoms with Crippen molar-refractivity contribution in [3.8, 4) is 6.07 Å². The highest BCUT2D eigenvalue weighted by Gasteiger charge is 2.41. The van der Waals surface area contributed by atoms with E-state index in [1.54, 1.807) is 29.2 Å². The van der Waals surface area contributed by atoms with Crippen LogP contribution in [-0.2, 0) is 9.59 Å². The Hall–Kier alpha value is -4.24. The molecule has 38 heavy (non-hydrogen) atoms. The summed E-state index contributed by atoms with van der Waals surface area (Å²) in [6.07, 6.45) is 3.94. The lowest BCUT2D eigenvalue weighted by atomic mass is 9.78. The summed E-state index contributed by atoms with van der Waals surface area (Å²) >= 11 is 0. The molecule has 0 aromatic heterocycles. The highest BCUT2D eigenvalue weighted by atomic mass is 19.1. The number of Topliss-reactive ketones (excluding diaryl/α,β-unsaturated/α-hetero) is 1. The van der Waals surface area contributed by atoms with Gasteiger partial charge in [-0.1, -0.05) is 56.2 Å². The van der Waals surface area contributed by atoms with Crippen LogP contribution in [0.1, 0.15) is 74.1 Å². The molecule has 0 saturated carbocycles. The minimum Gasteiger partial charge on any atom is -0.357 e. The fourth-order valence-electron chi connectivity index (χ4n) is 5.54. The second kappa shape index (κ2) is 11.0. The zero-order chi connectivity index (χ0) is 26.6. The Balaban J connectivity index is 1.66. The van der Waals surface area contributed by atoms with E-state index in [0.717, 1.165) is 47.5 Å². The number of para-hydroxylation sites is 2. The van der Waals surface area contributed by atoms with Crippen LogP contribution in [0.25, 0.3) is 0 Å². The van der Waals surface area contributed by atoms with Gasteiger partial charge in [0.1, 0.15) is 5.82 Å². The molecule has 3 aromatic carbocycles. The van der Waals surface area contributed by atoms with E-state index in [4.69, 9.17) is 0 Å². The van der Waals surface area contributed by atoms with Crippen molar-refractivity contribution in [2.45, 2.75) is 57.4 Å². The number of anilines is 2. The topological polar surface area (TPSA) is 73.2 Å². The van der Waals surface area contributed by atoms with E-state index >= 15 is 0 Å². The normalized spacial score (nSPS) is 18.7. The van der Waals surface area contributed by atoms with Gasteiger partial charge in [-0.3, -0.25) is 14.5 Å². The fraction of sp³-hybridized carbons (Fsp3) is 0.281. The fourth-order valence-corrected chi connectivity index (χ4v) is 5.54. The number of hydrogen-bond acceptors (Lipinski definition) is 4. The third-order valence-electron chi connectivity index (χ3n) is 7.45. The molecule has 0 spiro atoms. The number of allylic oxidation sites excluding steroid dienone is 1. The Morgan fingerprint density at radius 2 is 1.71 bits per heavy atom. The zero-order valence-electron chi connectivity index (χ0n) is 21.4. The van der Waals surface area contributed by atoms with Crippen LogP contribution in [0.2, 0.25) is 0 Å². The predicted octanol–water partition coefficient (Wildman–Crippen LogP) is 7.18. The number of nitrogens with one attached hydrogen (secondary N) is 1. The maximum absolute atomic E-state index is 14.0. The molecule has 1 aliphatic heterocycles. The number of fused-ring (bicyclic) bond motifs is 1. The van der Waals surface area contributed by atoms with Crippen LogP contribution in [0.3, 0.4) is 0 Å².